The summed E-state index contributed by atoms with van der Waals surface area (Å²) in [5.74, 6) is 0.0262. The Morgan fingerprint density at radius 2 is 2.00 bits per heavy atom. The monoisotopic (exact) mass is 246 g/mol. The fourth-order valence-electron chi connectivity index (χ4n) is 3.69. The Morgan fingerprint density at radius 1 is 1.38 bits per heavy atom. The predicted octanol–water partition coefficient (Wildman–Crippen LogP) is 1.66. The molecule has 0 radical (unpaired) electrons. The number of fused-ring (bicyclic) bond motifs is 2. The molecule has 0 spiro atoms. The van der Waals surface area contributed by atoms with Crippen molar-refractivity contribution in [1.82, 2.24) is 0 Å². The van der Waals surface area contributed by atoms with E-state index < -0.39 is 21.3 Å². The molecule has 0 aromatic rings. The van der Waals surface area contributed by atoms with Crippen LogP contribution in [0.15, 0.2) is 0 Å². The minimum absolute atomic E-state index is 0.0175. The van der Waals surface area contributed by atoms with Crippen LogP contribution in [0.2, 0.25) is 0 Å². The molecule has 2 unspecified atom stereocenters. The molecule has 92 valence electrons. The van der Waals surface area contributed by atoms with Crippen LogP contribution in [-0.4, -0.2) is 24.5 Å². The Kier molecular flexibility index (Phi) is 2.48. The van der Waals surface area contributed by atoms with Crippen molar-refractivity contribution in [3.05, 3.63) is 0 Å². The molecule has 2 atom stereocenters. The van der Waals surface area contributed by atoms with Gasteiger partial charge in [-0.1, -0.05) is 13.8 Å². The maximum Gasteiger partial charge on any atom is 0.265 e. The summed E-state index contributed by atoms with van der Waals surface area (Å²) < 4.78 is 31.3. The number of carbonyl (C=O) groups is 1. The van der Waals surface area contributed by atoms with Gasteiger partial charge in [0.15, 0.2) is 0 Å². The molecular formula is C11H18O4S. The fourth-order valence-corrected chi connectivity index (χ4v) is 4.99. The molecule has 2 rings (SSSR count). The van der Waals surface area contributed by atoms with Crippen molar-refractivity contribution in [3.63, 3.8) is 0 Å². The van der Waals surface area contributed by atoms with Crippen molar-refractivity contribution in [2.45, 2.75) is 39.5 Å². The Labute approximate surface area is 96.2 Å². The van der Waals surface area contributed by atoms with Crippen molar-refractivity contribution in [2.75, 3.05) is 5.75 Å². The summed E-state index contributed by atoms with van der Waals surface area (Å²) in [7, 11) is -4.09. The molecule has 0 saturated heterocycles. The first-order valence-corrected chi connectivity index (χ1v) is 7.28. The maximum absolute atomic E-state index is 12.1. The van der Waals surface area contributed by atoms with E-state index in [0.717, 1.165) is 12.8 Å². The van der Waals surface area contributed by atoms with Gasteiger partial charge < -0.3 is 0 Å². The highest BCUT2D eigenvalue weighted by Crippen LogP contribution is 2.61. The Hall–Kier alpha value is -0.420. The lowest BCUT2D eigenvalue weighted by Gasteiger charge is -2.46. The van der Waals surface area contributed by atoms with Crippen LogP contribution in [0.4, 0.5) is 0 Å². The zero-order valence-electron chi connectivity index (χ0n) is 9.69. The fraction of sp³-hybridized carbons (Fsp3) is 0.909. The van der Waals surface area contributed by atoms with Crippen LogP contribution >= 0.6 is 0 Å². The molecule has 0 aromatic heterocycles. The van der Waals surface area contributed by atoms with Gasteiger partial charge in [-0.15, -0.1) is 0 Å². The summed E-state index contributed by atoms with van der Waals surface area (Å²) in [5, 5.41) is 0. The van der Waals surface area contributed by atoms with E-state index in [9.17, 15) is 13.2 Å². The first-order valence-electron chi connectivity index (χ1n) is 5.67. The van der Waals surface area contributed by atoms with Crippen LogP contribution in [0.5, 0.6) is 0 Å². The molecule has 16 heavy (non-hydrogen) atoms. The van der Waals surface area contributed by atoms with Gasteiger partial charge in [-0.3, -0.25) is 9.35 Å². The third-order valence-electron chi connectivity index (χ3n) is 4.86. The standard InChI is InChI=1S/C11H18O4S/c1-10(2)8-3-4-9(12)11(10,6-5-8)7-16(13,14)15/h8H,3-7H2,1-2H3,(H,13,14,15). The van der Waals surface area contributed by atoms with Gasteiger partial charge in [0, 0.05) is 6.42 Å². The van der Waals surface area contributed by atoms with Gasteiger partial charge in [0.2, 0.25) is 0 Å². The number of Topliss-reactive ketones (excluding diaryl/α,β-unsaturated/α-hetero) is 1. The van der Waals surface area contributed by atoms with Crippen molar-refractivity contribution in [3.8, 4) is 0 Å². The highest BCUT2D eigenvalue weighted by Gasteiger charge is 2.61. The molecule has 2 fully saturated rings. The first kappa shape index (κ1) is 12.0. The van der Waals surface area contributed by atoms with Crippen LogP contribution in [0.1, 0.15) is 39.5 Å². The van der Waals surface area contributed by atoms with Crippen LogP contribution < -0.4 is 0 Å². The lowest BCUT2D eigenvalue weighted by molar-refractivity contribution is -0.137. The van der Waals surface area contributed by atoms with E-state index in [1.165, 1.54) is 0 Å². The highest BCUT2D eigenvalue weighted by atomic mass is 32.2. The Bertz CT molecular complexity index is 423. The summed E-state index contributed by atoms with van der Waals surface area (Å²) in [5.41, 5.74) is -1.15. The molecular weight excluding hydrogens is 228 g/mol. The zero-order chi connectivity index (χ0) is 12.2. The molecule has 0 aliphatic heterocycles. The van der Waals surface area contributed by atoms with Crippen molar-refractivity contribution in [1.29, 1.82) is 0 Å². The summed E-state index contributed by atoms with van der Waals surface area (Å²) in [6.45, 7) is 3.93. The maximum atomic E-state index is 12.1. The summed E-state index contributed by atoms with van der Waals surface area (Å²) in [6.07, 6.45) is 2.82. The summed E-state index contributed by atoms with van der Waals surface area (Å²) in [6, 6.07) is 0. The largest absolute Gasteiger partial charge is 0.299 e. The second-order valence-corrected chi connectivity index (χ2v) is 7.18. The average Bonchev–Trinajstić information content (AvgIpc) is 2.28. The van der Waals surface area contributed by atoms with Gasteiger partial charge in [0.05, 0.1) is 11.2 Å². The van der Waals surface area contributed by atoms with E-state index in [1.807, 2.05) is 13.8 Å². The minimum Gasteiger partial charge on any atom is -0.299 e. The van der Waals surface area contributed by atoms with Crippen molar-refractivity contribution >= 4 is 15.9 Å². The van der Waals surface area contributed by atoms with Crippen LogP contribution in [0, 0.1) is 16.7 Å². The predicted molar refractivity (Wildman–Crippen MR) is 59.6 cm³/mol. The van der Waals surface area contributed by atoms with Crippen molar-refractivity contribution in [2.24, 2.45) is 16.7 Å². The Balaban J connectivity index is 2.46. The molecule has 0 aromatic carbocycles. The zero-order valence-corrected chi connectivity index (χ0v) is 10.5. The van der Waals surface area contributed by atoms with E-state index >= 15 is 0 Å². The molecule has 1 N–H and O–H groups in total. The molecule has 0 amide bonds. The van der Waals surface area contributed by atoms with Crippen LogP contribution in [-0.2, 0) is 14.9 Å². The smallest absolute Gasteiger partial charge is 0.265 e. The molecule has 2 bridgehead atoms. The quantitative estimate of drug-likeness (QED) is 0.752. The van der Waals surface area contributed by atoms with Crippen molar-refractivity contribution < 1.29 is 17.8 Å². The lowest BCUT2D eigenvalue weighted by atomic mass is 9.58. The molecule has 4 nitrogen and oxygen atoms in total. The molecule has 2 aliphatic rings. The normalized spacial score (nSPS) is 37.7. The second kappa shape index (κ2) is 3.29. The van der Waals surface area contributed by atoms with Crippen LogP contribution in [0.3, 0.4) is 0 Å². The molecule has 2 aliphatic carbocycles. The number of ketones is 1. The first-order chi connectivity index (χ1) is 7.19. The Morgan fingerprint density at radius 3 is 2.56 bits per heavy atom. The van der Waals surface area contributed by atoms with E-state index in [1.54, 1.807) is 0 Å². The minimum atomic E-state index is -4.09. The van der Waals surface area contributed by atoms with E-state index in [0.29, 0.717) is 18.8 Å². The number of carbonyl (C=O) groups excluding carboxylic acids is 1. The van der Waals surface area contributed by atoms with Gasteiger partial charge in [-0.25, -0.2) is 0 Å². The lowest BCUT2D eigenvalue weighted by Crippen LogP contribution is -2.50. The van der Waals surface area contributed by atoms with E-state index in [4.69, 9.17) is 4.55 Å². The molecule has 2 saturated carbocycles. The van der Waals surface area contributed by atoms with Gasteiger partial charge >= 0.3 is 0 Å². The third kappa shape index (κ3) is 1.52. The number of hydrogen-bond acceptors (Lipinski definition) is 3. The van der Waals surface area contributed by atoms with Gasteiger partial charge in [0.1, 0.15) is 5.78 Å². The topological polar surface area (TPSA) is 71.4 Å². The SMILES string of the molecule is CC1(C)C2CCC(=O)C1(CS(=O)(=O)O)CC2. The second-order valence-electron chi connectivity index (χ2n) is 5.73. The summed E-state index contributed by atoms with van der Waals surface area (Å²) >= 11 is 0. The van der Waals surface area contributed by atoms with Crippen LogP contribution in [0.25, 0.3) is 0 Å². The van der Waals surface area contributed by atoms with Gasteiger partial charge in [-0.05, 0) is 30.6 Å². The third-order valence-corrected chi connectivity index (χ3v) is 5.71. The van der Waals surface area contributed by atoms with E-state index in [2.05, 4.69) is 0 Å². The molecule has 5 heteroatoms. The van der Waals surface area contributed by atoms with Gasteiger partial charge in [-0.2, -0.15) is 8.42 Å². The average molecular weight is 246 g/mol. The number of hydrogen-bond donors (Lipinski definition) is 1. The number of rotatable bonds is 2. The van der Waals surface area contributed by atoms with Gasteiger partial charge in [0.25, 0.3) is 10.1 Å². The summed E-state index contributed by atoms with van der Waals surface area (Å²) in [4.78, 5) is 12.1. The highest BCUT2D eigenvalue weighted by molar-refractivity contribution is 7.85. The molecule has 0 heterocycles. The van der Waals surface area contributed by atoms with E-state index in [-0.39, 0.29) is 11.2 Å².